The van der Waals surface area contributed by atoms with Crippen molar-refractivity contribution < 1.29 is 5.11 Å². The van der Waals surface area contributed by atoms with Gasteiger partial charge in [0.2, 0.25) is 0 Å². The Morgan fingerprint density at radius 3 is 2.38 bits per heavy atom. The maximum Gasteiger partial charge on any atom is 0.150 e. The lowest BCUT2D eigenvalue weighted by Gasteiger charge is -2.35. The Balaban J connectivity index is 1.74. The number of hydrogen-bond acceptors (Lipinski definition) is 5. The maximum atomic E-state index is 9.28. The first-order valence-corrected chi connectivity index (χ1v) is 8.13. The number of aliphatic hydroxyl groups is 1. The fourth-order valence-corrected chi connectivity index (χ4v) is 3.48. The molecule has 0 radical (unpaired) electrons. The van der Waals surface area contributed by atoms with Crippen LogP contribution in [0.2, 0.25) is 0 Å². The first-order chi connectivity index (χ1) is 10.3. The van der Waals surface area contributed by atoms with E-state index in [1.165, 1.54) is 18.5 Å². The van der Waals surface area contributed by atoms with Crippen molar-refractivity contribution in [2.45, 2.75) is 31.6 Å². The van der Waals surface area contributed by atoms with E-state index in [0.29, 0.717) is 18.4 Å². The molecule has 21 heavy (non-hydrogen) atoms. The molecule has 2 saturated heterocycles. The molecule has 5 nitrogen and oxygen atoms in total. The van der Waals surface area contributed by atoms with E-state index in [4.69, 9.17) is 0 Å². The van der Waals surface area contributed by atoms with Crippen LogP contribution in [0.25, 0.3) is 0 Å². The van der Waals surface area contributed by atoms with Gasteiger partial charge in [-0.15, -0.1) is 0 Å². The highest BCUT2D eigenvalue weighted by Crippen LogP contribution is 2.33. The summed E-state index contributed by atoms with van der Waals surface area (Å²) in [5.41, 5.74) is 1.19. The van der Waals surface area contributed by atoms with Gasteiger partial charge in [-0.1, -0.05) is 0 Å². The molecular weight excluding hydrogens is 264 g/mol. The zero-order valence-electron chi connectivity index (χ0n) is 12.9. The Bertz CT molecular complexity index is 451. The molecular formula is C16H26N4O. The van der Waals surface area contributed by atoms with E-state index in [2.05, 4.69) is 26.8 Å². The first-order valence-electron chi connectivity index (χ1n) is 8.13. The highest BCUT2D eigenvalue weighted by molar-refractivity contribution is 5.45. The average Bonchev–Trinajstić information content (AvgIpc) is 2.56. The maximum absolute atomic E-state index is 9.28. The number of hydrogen-bond donors (Lipinski definition) is 1. The lowest BCUT2D eigenvalue weighted by Crippen LogP contribution is -2.37. The standard InChI is InChI=1S/C16H26N4O/c1-19-8-4-14(5-9-19)15-16(18-7-6-17-15)20-10-2-13(12-21)3-11-20/h6-7,13-14,21H,2-5,8-12H2,1H3. The van der Waals surface area contributed by atoms with Crippen molar-refractivity contribution in [2.24, 2.45) is 5.92 Å². The Kier molecular flexibility index (Phi) is 4.70. The van der Waals surface area contributed by atoms with Crippen molar-refractivity contribution in [1.29, 1.82) is 0 Å². The van der Waals surface area contributed by atoms with Gasteiger partial charge in [-0.2, -0.15) is 0 Å². The van der Waals surface area contributed by atoms with Gasteiger partial charge < -0.3 is 14.9 Å². The molecule has 2 fully saturated rings. The molecule has 0 bridgehead atoms. The van der Waals surface area contributed by atoms with Gasteiger partial charge in [-0.25, -0.2) is 4.98 Å². The third kappa shape index (κ3) is 3.35. The zero-order chi connectivity index (χ0) is 14.7. The summed E-state index contributed by atoms with van der Waals surface area (Å²) in [5, 5.41) is 9.28. The molecule has 3 rings (SSSR count). The average molecular weight is 290 g/mol. The summed E-state index contributed by atoms with van der Waals surface area (Å²) in [4.78, 5) is 14.1. The quantitative estimate of drug-likeness (QED) is 0.914. The molecule has 116 valence electrons. The molecule has 0 atom stereocenters. The molecule has 5 heteroatoms. The second kappa shape index (κ2) is 6.71. The Hall–Kier alpha value is -1.20. The van der Waals surface area contributed by atoms with Crippen LogP contribution in [0.15, 0.2) is 12.4 Å². The van der Waals surface area contributed by atoms with Crippen molar-refractivity contribution in [1.82, 2.24) is 14.9 Å². The van der Waals surface area contributed by atoms with Crippen molar-refractivity contribution >= 4 is 5.82 Å². The van der Waals surface area contributed by atoms with E-state index in [1.807, 2.05) is 12.4 Å². The number of likely N-dealkylation sites (tertiary alicyclic amines) is 1. The van der Waals surface area contributed by atoms with Crippen molar-refractivity contribution in [3.05, 3.63) is 18.1 Å². The second-order valence-corrected chi connectivity index (χ2v) is 6.46. The number of piperidine rings is 2. The van der Waals surface area contributed by atoms with Crippen LogP contribution in [0, 0.1) is 5.92 Å². The highest BCUT2D eigenvalue weighted by Gasteiger charge is 2.27. The molecule has 3 heterocycles. The van der Waals surface area contributed by atoms with E-state index < -0.39 is 0 Å². The monoisotopic (exact) mass is 290 g/mol. The molecule has 0 amide bonds. The number of nitrogens with zero attached hydrogens (tertiary/aromatic N) is 4. The van der Waals surface area contributed by atoms with E-state index >= 15 is 0 Å². The predicted molar refractivity (Wildman–Crippen MR) is 83.5 cm³/mol. The first kappa shape index (κ1) is 14.7. The molecule has 1 aromatic heterocycles. The topological polar surface area (TPSA) is 52.5 Å². The summed E-state index contributed by atoms with van der Waals surface area (Å²) in [6, 6.07) is 0. The minimum Gasteiger partial charge on any atom is -0.396 e. The number of aliphatic hydroxyl groups excluding tert-OH is 1. The van der Waals surface area contributed by atoms with Gasteiger partial charge in [-0.05, 0) is 51.7 Å². The van der Waals surface area contributed by atoms with E-state index in [-0.39, 0.29) is 0 Å². The summed E-state index contributed by atoms with van der Waals surface area (Å²) in [6.45, 7) is 4.59. The van der Waals surface area contributed by atoms with Crippen LogP contribution in [-0.4, -0.2) is 59.8 Å². The fourth-order valence-electron chi connectivity index (χ4n) is 3.48. The lowest BCUT2D eigenvalue weighted by molar-refractivity contribution is 0.202. The van der Waals surface area contributed by atoms with Gasteiger partial charge in [0.25, 0.3) is 0 Å². The van der Waals surface area contributed by atoms with Crippen LogP contribution in [0.4, 0.5) is 5.82 Å². The summed E-state index contributed by atoms with van der Waals surface area (Å²) in [7, 11) is 2.19. The van der Waals surface area contributed by atoms with Crippen molar-refractivity contribution in [3.63, 3.8) is 0 Å². The Labute approximate surface area is 127 Å². The number of rotatable bonds is 3. The lowest BCUT2D eigenvalue weighted by atomic mass is 9.92. The van der Waals surface area contributed by atoms with Crippen LogP contribution in [-0.2, 0) is 0 Å². The van der Waals surface area contributed by atoms with Gasteiger partial charge in [0.15, 0.2) is 5.82 Å². The molecule has 1 aromatic rings. The van der Waals surface area contributed by atoms with Crippen LogP contribution >= 0.6 is 0 Å². The SMILES string of the molecule is CN1CCC(c2nccnc2N2CCC(CO)CC2)CC1. The number of anilines is 1. The van der Waals surface area contributed by atoms with Crippen molar-refractivity contribution in [2.75, 3.05) is 44.7 Å². The predicted octanol–water partition coefficient (Wildman–Crippen LogP) is 1.49. The minimum atomic E-state index is 0.316. The van der Waals surface area contributed by atoms with E-state index in [9.17, 15) is 5.11 Å². The van der Waals surface area contributed by atoms with E-state index in [1.54, 1.807) is 0 Å². The molecule has 2 aliphatic rings. The van der Waals surface area contributed by atoms with Gasteiger partial charge in [-0.3, -0.25) is 4.98 Å². The second-order valence-electron chi connectivity index (χ2n) is 6.46. The van der Waals surface area contributed by atoms with Gasteiger partial charge >= 0.3 is 0 Å². The molecule has 0 unspecified atom stereocenters. The molecule has 1 N–H and O–H groups in total. The van der Waals surface area contributed by atoms with Crippen LogP contribution in [0.5, 0.6) is 0 Å². The molecule has 0 spiro atoms. The van der Waals surface area contributed by atoms with Crippen LogP contribution in [0.1, 0.15) is 37.3 Å². The Morgan fingerprint density at radius 1 is 1.05 bits per heavy atom. The fraction of sp³-hybridized carbons (Fsp3) is 0.750. The molecule has 0 saturated carbocycles. The van der Waals surface area contributed by atoms with Gasteiger partial charge in [0, 0.05) is 38.0 Å². The minimum absolute atomic E-state index is 0.316. The largest absolute Gasteiger partial charge is 0.396 e. The summed E-state index contributed by atoms with van der Waals surface area (Å²) in [5.74, 6) is 2.09. The normalized spacial score (nSPS) is 22.7. The van der Waals surface area contributed by atoms with Crippen LogP contribution < -0.4 is 4.90 Å². The number of aromatic nitrogens is 2. The summed E-state index contributed by atoms with van der Waals surface area (Å²) < 4.78 is 0. The third-order valence-corrected chi connectivity index (χ3v) is 4.98. The van der Waals surface area contributed by atoms with E-state index in [0.717, 1.165) is 44.8 Å². The van der Waals surface area contributed by atoms with Gasteiger partial charge in [0.1, 0.15) is 0 Å². The summed E-state index contributed by atoms with van der Waals surface area (Å²) in [6.07, 6.45) is 8.11. The molecule has 0 aliphatic carbocycles. The highest BCUT2D eigenvalue weighted by atomic mass is 16.3. The van der Waals surface area contributed by atoms with Crippen molar-refractivity contribution in [3.8, 4) is 0 Å². The molecule has 2 aliphatic heterocycles. The molecule has 0 aromatic carbocycles. The third-order valence-electron chi connectivity index (χ3n) is 4.98. The summed E-state index contributed by atoms with van der Waals surface area (Å²) >= 11 is 0. The zero-order valence-corrected chi connectivity index (χ0v) is 12.9. The smallest absolute Gasteiger partial charge is 0.150 e. The Morgan fingerprint density at radius 2 is 1.71 bits per heavy atom. The van der Waals surface area contributed by atoms with Gasteiger partial charge in [0.05, 0.1) is 5.69 Å². The van der Waals surface area contributed by atoms with Crippen LogP contribution in [0.3, 0.4) is 0 Å².